The highest BCUT2D eigenvalue weighted by Crippen LogP contribution is 2.34. The second-order valence-electron chi connectivity index (χ2n) is 9.02. The predicted molar refractivity (Wildman–Crippen MR) is 148 cm³/mol. The van der Waals surface area contributed by atoms with Crippen LogP contribution in [0.15, 0.2) is 59.9 Å². The zero-order valence-electron chi connectivity index (χ0n) is 20.5. The van der Waals surface area contributed by atoms with E-state index in [4.69, 9.17) is 23.2 Å². The molecule has 0 unspecified atom stereocenters. The summed E-state index contributed by atoms with van der Waals surface area (Å²) in [7, 11) is -4.37. The van der Waals surface area contributed by atoms with Crippen LogP contribution in [0.4, 0.5) is 26.0 Å². The van der Waals surface area contributed by atoms with E-state index in [1.165, 1.54) is 24.5 Å². The lowest BCUT2D eigenvalue weighted by atomic mass is 10.1. The quantitative estimate of drug-likeness (QED) is 0.233. The minimum atomic E-state index is -4.37. The van der Waals surface area contributed by atoms with E-state index in [9.17, 15) is 12.8 Å². The number of fused-ring (bicyclic) bond motifs is 2. The van der Waals surface area contributed by atoms with Crippen molar-refractivity contribution in [2.24, 2.45) is 0 Å². The maximum Gasteiger partial charge on any atom is 0.263 e. The van der Waals surface area contributed by atoms with E-state index in [-0.39, 0.29) is 26.3 Å². The lowest BCUT2D eigenvalue weighted by Crippen LogP contribution is -2.15. The molecule has 4 heterocycles. The monoisotopic (exact) mass is 601 g/mol. The van der Waals surface area contributed by atoms with Crippen molar-refractivity contribution in [1.82, 2.24) is 24.5 Å². The minimum absolute atomic E-state index is 0.00502. The maximum atomic E-state index is 15.6. The van der Waals surface area contributed by atoms with Crippen LogP contribution >= 0.6 is 23.2 Å². The van der Waals surface area contributed by atoms with Gasteiger partial charge < -0.3 is 9.88 Å². The first-order valence-corrected chi connectivity index (χ1v) is 14.4. The number of sulfonamides is 1. The summed E-state index contributed by atoms with van der Waals surface area (Å²) in [5, 5.41) is 2.41. The fourth-order valence-electron chi connectivity index (χ4n) is 4.55. The molecule has 0 aliphatic carbocycles. The van der Waals surface area contributed by atoms with Crippen molar-refractivity contribution in [3.63, 3.8) is 0 Å². The topological polar surface area (TPSA) is 115 Å². The molecule has 0 radical (unpaired) electrons. The Hall–Kier alpha value is -3.87. The van der Waals surface area contributed by atoms with Crippen LogP contribution in [-0.4, -0.2) is 32.9 Å². The summed E-state index contributed by atoms with van der Waals surface area (Å²) in [6, 6.07) is 9.43. The molecule has 3 aromatic heterocycles. The number of aryl methyl sites for hydroxylation is 1. The summed E-state index contributed by atoms with van der Waals surface area (Å²) in [4.78, 5) is 17.2. The Morgan fingerprint density at radius 1 is 0.975 bits per heavy atom. The average molecular weight is 602 g/mol. The molecule has 2 N–H and O–H groups in total. The molecule has 0 amide bonds. The van der Waals surface area contributed by atoms with Crippen LogP contribution < -0.4 is 10.0 Å². The van der Waals surface area contributed by atoms with Gasteiger partial charge in [-0.2, -0.15) is 0 Å². The molecule has 9 nitrogen and oxygen atoms in total. The van der Waals surface area contributed by atoms with Gasteiger partial charge in [-0.1, -0.05) is 29.3 Å². The molecule has 5 aromatic rings. The number of pyridine rings is 1. The van der Waals surface area contributed by atoms with E-state index < -0.39 is 33.0 Å². The molecule has 0 atom stereocenters. The van der Waals surface area contributed by atoms with Crippen LogP contribution in [0.3, 0.4) is 0 Å². The van der Waals surface area contributed by atoms with Crippen LogP contribution in [0.25, 0.3) is 22.4 Å². The summed E-state index contributed by atoms with van der Waals surface area (Å²) in [5.74, 6) is -1.17. The fraction of sp³-hybridized carbons (Fsp3) is 0.154. The Bertz CT molecular complexity index is 1900. The van der Waals surface area contributed by atoms with Gasteiger partial charge in [-0.25, -0.2) is 37.1 Å². The molecule has 0 saturated heterocycles. The van der Waals surface area contributed by atoms with Gasteiger partial charge in [0, 0.05) is 13.0 Å². The summed E-state index contributed by atoms with van der Waals surface area (Å²) in [6.45, 7) is 0.820. The zero-order valence-corrected chi connectivity index (χ0v) is 22.8. The molecule has 204 valence electrons. The lowest BCUT2D eigenvalue weighted by Gasteiger charge is -2.16. The van der Waals surface area contributed by atoms with Crippen LogP contribution in [-0.2, 0) is 23.0 Å². The molecule has 2 aromatic carbocycles. The molecule has 0 bridgehead atoms. The van der Waals surface area contributed by atoms with Crippen LogP contribution in [0.2, 0.25) is 10.0 Å². The lowest BCUT2D eigenvalue weighted by molar-refractivity contribution is 0.525. The number of hydrogen-bond acceptors (Lipinski definition) is 7. The normalized spacial score (nSPS) is 13.3. The number of anilines is 3. The van der Waals surface area contributed by atoms with Gasteiger partial charge in [0.25, 0.3) is 10.0 Å². The summed E-state index contributed by atoms with van der Waals surface area (Å²) in [5.41, 5.74) is 0.977. The highest BCUT2D eigenvalue weighted by Gasteiger charge is 2.24. The number of halogens is 4. The van der Waals surface area contributed by atoms with Gasteiger partial charge in [-0.05, 0) is 49.2 Å². The largest absolute Gasteiger partial charge is 0.333 e. The van der Waals surface area contributed by atoms with Crippen molar-refractivity contribution >= 4 is 61.5 Å². The number of nitrogens with one attached hydrogen (secondary N) is 2. The first kappa shape index (κ1) is 26.4. The van der Waals surface area contributed by atoms with E-state index in [1.807, 2.05) is 0 Å². The number of rotatable bonds is 6. The van der Waals surface area contributed by atoms with E-state index >= 15 is 4.39 Å². The summed E-state index contributed by atoms with van der Waals surface area (Å²) >= 11 is 12.0. The number of hydrogen-bond donors (Lipinski definition) is 2. The fourth-order valence-corrected chi connectivity index (χ4v) is 6.37. The van der Waals surface area contributed by atoms with Crippen LogP contribution in [0.5, 0.6) is 0 Å². The van der Waals surface area contributed by atoms with Gasteiger partial charge in [0.1, 0.15) is 34.1 Å². The molecular weight excluding hydrogens is 583 g/mol. The van der Waals surface area contributed by atoms with E-state index in [1.54, 1.807) is 18.3 Å². The molecular formula is C26H19Cl2F2N7O2S. The SMILES string of the molecule is O=S(=O)(Nc1ccc(F)c(Nc2ncnc3ccc(-c4cnc5n4CCCC5)nc23)c1F)c1cccc(Cl)c1Cl. The second-order valence-corrected chi connectivity index (χ2v) is 11.5. The maximum absolute atomic E-state index is 15.6. The van der Waals surface area contributed by atoms with Crippen molar-refractivity contribution < 1.29 is 17.2 Å². The number of benzene rings is 2. The molecule has 1 aliphatic rings. The Labute approximate surface area is 237 Å². The Kier molecular flexibility index (Phi) is 6.77. The van der Waals surface area contributed by atoms with Crippen molar-refractivity contribution in [2.45, 2.75) is 30.7 Å². The van der Waals surface area contributed by atoms with Crippen LogP contribution in [0, 0.1) is 11.6 Å². The highest BCUT2D eigenvalue weighted by molar-refractivity contribution is 7.92. The Morgan fingerprint density at radius 2 is 1.82 bits per heavy atom. The smallest absolute Gasteiger partial charge is 0.263 e. The Morgan fingerprint density at radius 3 is 2.67 bits per heavy atom. The zero-order chi connectivity index (χ0) is 28.0. The van der Waals surface area contributed by atoms with Gasteiger partial charge in [0.2, 0.25) is 0 Å². The number of nitrogens with zero attached hydrogens (tertiary/aromatic N) is 5. The molecule has 1 aliphatic heterocycles. The van der Waals surface area contributed by atoms with Crippen molar-refractivity contribution in [3.8, 4) is 11.4 Å². The highest BCUT2D eigenvalue weighted by atomic mass is 35.5. The van der Waals surface area contributed by atoms with Gasteiger partial charge in [0.05, 0.1) is 38.8 Å². The van der Waals surface area contributed by atoms with Crippen LogP contribution in [0.1, 0.15) is 18.7 Å². The second kappa shape index (κ2) is 10.3. The van der Waals surface area contributed by atoms with Crippen molar-refractivity contribution in [1.29, 1.82) is 0 Å². The number of aromatic nitrogens is 5. The van der Waals surface area contributed by atoms with E-state index in [2.05, 4.69) is 34.5 Å². The van der Waals surface area contributed by atoms with Gasteiger partial charge in [0.15, 0.2) is 11.6 Å². The predicted octanol–water partition coefficient (Wildman–Crippen LogP) is 6.35. The van der Waals surface area contributed by atoms with Gasteiger partial charge in [-0.3, -0.25) is 4.72 Å². The standard InChI is InChI=1S/C26H19Cl2F2N7O2S/c27-14-4-3-5-20(22(14)28)40(38,39)36-17-8-7-15(29)24(23(17)30)35-26-25-18(32-13-33-26)10-9-16(34-25)19-12-31-21-6-1-2-11-37(19)21/h3-5,7-10,12-13,36H,1-2,6,11H2,(H,32,33,35). The third-order valence-corrected chi connectivity index (χ3v) is 8.84. The average Bonchev–Trinajstić information content (AvgIpc) is 3.38. The summed E-state index contributed by atoms with van der Waals surface area (Å²) < 4.78 is 60.5. The summed E-state index contributed by atoms with van der Waals surface area (Å²) in [6.07, 6.45) is 5.97. The third-order valence-electron chi connectivity index (χ3n) is 6.50. The molecule has 0 saturated carbocycles. The molecule has 14 heteroatoms. The van der Waals surface area contributed by atoms with E-state index in [0.29, 0.717) is 11.2 Å². The molecule has 0 spiro atoms. The van der Waals surface area contributed by atoms with Gasteiger partial charge >= 0.3 is 0 Å². The first-order chi connectivity index (χ1) is 19.2. The van der Waals surface area contributed by atoms with Gasteiger partial charge in [-0.15, -0.1) is 0 Å². The Balaban J connectivity index is 1.37. The molecule has 6 rings (SSSR count). The van der Waals surface area contributed by atoms with Crippen molar-refractivity contribution in [2.75, 3.05) is 10.0 Å². The number of imidazole rings is 1. The molecule has 40 heavy (non-hydrogen) atoms. The first-order valence-electron chi connectivity index (χ1n) is 12.1. The van der Waals surface area contributed by atoms with Crippen molar-refractivity contribution in [3.05, 3.63) is 82.5 Å². The minimum Gasteiger partial charge on any atom is -0.333 e. The molecule has 0 fully saturated rings. The third kappa shape index (κ3) is 4.72. The van der Waals surface area contributed by atoms with E-state index in [0.717, 1.165) is 49.5 Å².